The van der Waals surface area contributed by atoms with E-state index < -0.39 is 17.8 Å². The third-order valence-electron chi connectivity index (χ3n) is 7.60. The van der Waals surface area contributed by atoms with Gasteiger partial charge in [0.2, 0.25) is 0 Å². The lowest BCUT2D eigenvalue weighted by molar-refractivity contribution is -0.139. The van der Waals surface area contributed by atoms with E-state index in [1.807, 2.05) is 48.5 Å². The molecule has 0 heterocycles. The minimum Gasteiger partial charge on any atom is -0.449 e. The van der Waals surface area contributed by atoms with Gasteiger partial charge in [0.15, 0.2) is 6.29 Å². The number of hydrogen-bond donors (Lipinski definition) is 1. The molecule has 1 aliphatic carbocycles. The lowest BCUT2D eigenvalue weighted by Gasteiger charge is -2.20. The summed E-state index contributed by atoms with van der Waals surface area (Å²) in [6, 6.07) is 33.9. The van der Waals surface area contributed by atoms with Gasteiger partial charge in [-0.2, -0.15) is 13.2 Å². The van der Waals surface area contributed by atoms with E-state index in [1.54, 1.807) is 60.7 Å². The van der Waals surface area contributed by atoms with Crippen LogP contribution in [-0.2, 0) is 17.5 Å². The van der Waals surface area contributed by atoms with E-state index in [0.29, 0.717) is 22.3 Å². The Kier molecular flexibility index (Phi) is 8.26. The predicted octanol–water partition coefficient (Wildman–Crippen LogP) is 9.37. The van der Waals surface area contributed by atoms with Crippen molar-refractivity contribution in [1.29, 1.82) is 0 Å². The molecule has 0 bridgehead atoms. The summed E-state index contributed by atoms with van der Waals surface area (Å²) in [5.74, 6) is -0.155. The average molecular weight is 610 g/mol. The molecule has 1 aliphatic rings. The molecular weight excluding hydrogens is 583 g/mol. The summed E-state index contributed by atoms with van der Waals surface area (Å²) in [6.45, 7) is -0.141. The topological polar surface area (TPSA) is 55.4 Å². The molecule has 5 aromatic carbocycles. The number of alkyl halides is 3. The zero-order chi connectivity index (χ0) is 30.7. The normalized spacial score (nSPS) is 12.3. The second-order valence-electron chi connectivity index (χ2n) is 10.3. The average Bonchev–Trinajstić information content (AvgIpc) is 3.36. The Labute approximate surface area is 256 Å². The zero-order valence-corrected chi connectivity index (χ0v) is 24.1. The molecule has 0 unspecified atom stereocenters. The Bertz CT molecular complexity index is 1790. The Morgan fingerprint density at radius 2 is 1.41 bits per heavy atom. The van der Waals surface area contributed by atoms with Crippen LogP contribution in [0.5, 0.6) is 0 Å². The summed E-state index contributed by atoms with van der Waals surface area (Å²) in [7, 11) is 0. The van der Waals surface area contributed by atoms with E-state index in [4.69, 9.17) is 4.74 Å². The SMILES string of the molecule is O=Cc1ccccc1Sc1c(CNC(=O)OCC2c3ccccc3-c3ccccc32)cc(-c2ccccc2)cc1C(F)(F)F. The summed E-state index contributed by atoms with van der Waals surface area (Å²) in [6.07, 6.45) is -4.82. The largest absolute Gasteiger partial charge is 0.449 e. The van der Waals surface area contributed by atoms with Crippen LogP contribution < -0.4 is 5.32 Å². The molecule has 6 rings (SSSR count). The molecule has 0 radical (unpaired) electrons. The number of halogens is 3. The van der Waals surface area contributed by atoms with Crippen LogP contribution in [0.2, 0.25) is 0 Å². The number of ether oxygens (including phenoxy) is 1. The number of nitrogens with one attached hydrogen (secondary N) is 1. The first-order valence-corrected chi connectivity index (χ1v) is 14.8. The fourth-order valence-corrected chi connectivity index (χ4v) is 6.69. The van der Waals surface area contributed by atoms with Gasteiger partial charge in [0.25, 0.3) is 0 Å². The van der Waals surface area contributed by atoms with Crippen LogP contribution in [0, 0.1) is 0 Å². The number of carbonyl (C=O) groups is 2. The molecule has 0 saturated heterocycles. The number of aldehydes is 1. The van der Waals surface area contributed by atoms with Gasteiger partial charge in [0.1, 0.15) is 6.61 Å². The Balaban J connectivity index is 1.29. The molecule has 4 nitrogen and oxygen atoms in total. The predicted molar refractivity (Wildman–Crippen MR) is 165 cm³/mol. The summed E-state index contributed by atoms with van der Waals surface area (Å²) < 4.78 is 49.3. The second-order valence-corrected chi connectivity index (χ2v) is 11.4. The van der Waals surface area contributed by atoms with E-state index in [0.717, 1.165) is 40.1 Å². The van der Waals surface area contributed by atoms with Crippen LogP contribution in [0.4, 0.5) is 18.0 Å². The minimum absolute atomic E-state index is 0.0754. The number of benzene rings is 5. The van der Waals surface area contributed by atoms with Crippen molar-refractivity contribution in [2.45, 2.75) is 28.4 Å². The summed E-state index contributed by atoms with van der Waals surface area (Å²) in [5, 5.41) is 2.67. The van der Waals surface area contributed by atoms with Gasteiger partial charge in [-0.15, -0.1) is 0 Å². The van der Waals surface area contributed by atoms with Gasteiger partial charge >= 0.3 is 12.3 Å². The van der Waals surface area contributed by atoms with E-state index in [2.05, 4.69) is 5.32 Å². The van der Waals surface area contributed by atoms with E-state index in [9.17, 15) is 22.8 Å². The smallest absolute Gasteiger partial charge is 0.417 e. The summed E-state index contributed by atoms with van der Waals surface area (Å²) in [4.78, 5) is 24.9. The highest BCUT2D eigenvalue weighted by molar-refractivity contribution is 7.99. The standard InChI is InChI=1S/C36H26F3NO3S/c37-36(38,39)32-19-25(23-10-2-1-3-11-23)18-26(34(32)44-33-17-9-4-12-24(33)21-41)20-40-35(42)43-22-31-29-15-7-5-13-27(29)28-14-6-8-16-30(28)31/h1-19,21,31H,20,22H2,(H,40,42). The number of alkyl carbamates (subject to hydrolysis) is 1. The maximum absolute atomic E-state index is 14.5. The van der Waals surface area contributed by atoms with Crippen molar-refractivity contribution in [2.75, 3.05) is 6.61 Å². The van der Waals surface area contributed by atoms with Gasteiger partial charge in [-0.1, -0.05) is 109 Å². The van der Waals surface area contributed by atoms with Crippen molar-refractivity contribution >= 4 is 24.1 Å². The number of carbonyl (C=O) groups excluding carboxylic acids is 2. The third kappa shape index (κ3) is 5.98. The van der Waals surface area contributed by atoms with Crippen LogP contribution in [0.25, 0.3) is 22.3 Å². The van der Waals surface area contributed by atoms with E-state index in [1.165, 1.54) is 0 Å². The highest BCUT2D eigenvalue weighted by Crippen LogP contribution is 2.46. The lowest BCUT2D eigenvalue weighted by Crippen LogP contribution is -2.26. The molecule has 0 saturated carbocycles. The first-order chi connectivity index (χ1) is 21.3. The molecule has 0 atom stereocenters. The Morgan fingerprint density at radius 3 is 2.07 bits per heavy atom. The number of fused-ring (bicyclic) bond motifs is 3. The lowest BCUT2D eigenvalue weighted by atomic mass is 9.98. The van der Waals surface area contributed by atoms with Gasteiger partial charge < -0.3 is 10.1 Å². The molecule has 0 spiro atoms. The quantitative estimate of drug-likeness (QED) is 0.178. The van der Waals surface area contributed by atoms with Crippen molar-refractivity contribution in [3.05, 3.63) is 143 Å². The van der Waals surface area contributed by atoms with Crippen molar-refractivity contribution in [3.63, 3.8) is 0 Å². The minimum atomic E-state index is -4.69. The van der Waals surface area contributed by atoms with Crippen molar-refractivity contribution in [1.82, 2.24) is 5.32 Å². The van der Waals surface area contributed by atoms with Crippen LogP contribution in [0.1, 0.15) is 38.5 Å². The molecule has 1 N–H and O–H groups in total. The number of hydrogen-bond acceptors (Lipinski definition) is 4. The van der Waals surface area contributed by atoms with Crippen LogP contribution >= 0.6 is 11.8 Å². The molecule has 0 fully saturated rings. The first-order valence-electron chi connectivity index (χ1n) is 13.9. The Hall–Kier alpha value is -4.82. The van der Waals surface area contributed by atoms with Gasteiger partial charge in [0.05, 0.1) is 5.56 Å². The fraction of sp³-hybridized carbons (Fsp3) is 0.111. The van der Waals surface area contributed by atoms with Gasteiger partial charge in [-0.25, -0.2) is 4.79 Å². The van der Waals surface area contributed by atoms with Crippen LogP contribution in [0.3, 0.4) is 0 Å². The van der Waals surface area contributed by atoms with Crippen molar-refractivity contribution < 1.29 is 27.5 Å². The molecule has 44 heavy (non-hydrogen) atoms. The molecule has 8 heteroatoms. The second kappa shape index (κ2) is 12.4. The number of rotatable bonds is 8. The maximum atomic E-state index is 14.5. The zero-order valence-electron chi connectivity index (χ0n) is 23.3. The monoisotopic (exact) mass is 609 g/mol. The summed E-state index contributed by atoms with van der Waals surface area (Å²) >= 11 is 0.849. The van der Waals surface area contributed by atoms with Gasteiger partial charge in [-0.3, -0.25) is 4.79 Å². The summed E-state index contributed by atoms with van der Waals surface area (Å²) in [5.41, 5.74) is 4.91. The molecule has 1 amide bonds. The van der Waals surface area contributed by atoms with E-state index in [-0.39, 0.29) is 35.1 Å². The molecular formula is C36H26F3NO3S. The van der Waals surface area contributed by atoms with E-state index >= 15 is 0 Å². The van der Waals surface area contributed by atoms with Crippen molar-refractivity contribution in [3.8, 4) is 22.3 Å². The highest BCUT2D eigenvalue weighted by atomic mass is 32.2. The molecule has 0 aliphatic heterocycles. The van der Waals surface area contributed by atoms with Crippen LogP contribution in [-0.4, -0.2) is 19.0 Å². The highest BCUT2D eigenvalue weighted by Gasteiger charge is 2.36. The fourth-order valence-electron chi connectivity index (χ4n) is 5.55. The maximum Gasteiger partial charge on any atom is 0.417 e. The third-order valence-corrected chi connectivity index (χ3v) is 8.88. The number of amides is 1. The first kappa shape index (κ1) is 29.3. The van der Waals surface area contributed by atoms with Crippen LogP contribution in [0.15, 0.2) is 125 Å². The molecule has 5 aromatic rings. The van der Waals surface area contributed by atoms with Gasteiger partial charge in [-0.05, 0) is 57.1 Å². The Morgan fingerprint density at radius 1 is 0.795 bits per heavy atom. The molecule has 0 aromatic heterocycles. The van der Waals surface area contributed by atoms with Gasteiger partial charge in [0, 0.05) is 27.8 Å². The molecule has 220 valence electrons. The van der Waals surface area contributed by atoms with Crippen molar-refractivity contribution in [2.24, 2.45) is 0 Å².